The third kappa shape index (κ3) is 1.96. The van der Waals surface area contributed by atoms with Gasteiger partial charge in [0.15, 0.2) is 5.78 Å². The molecule has 22 heavy (non-hydrogen) atoms. The monoisotopic (exact) mass is 294 g/mol. The molecule has 5 nitrogen and oxygen atoms in total. The summed E-state index contributed by atoms with van der Waals surface area (Å²) in [6, 6.07) is 9.86. The smallest absolute Gasteiger partial charge is 0.226 e. The Balaban J connectivity index is 1.91. The minimum Gasteiger partial charge on any atom is -0.328 e. The number of aromatic nitrogens is 3. The summed E-state index contributed by atoms with van der Waals surface area (Å²) in [5.41, 5.74) is 2.88. The van der Waals surface area contributed by atoms with Gasteiger partial charge in [0, 0.05) is 17.7 Å². The number of hydrogen-bond acceptors (Lipinski definition) is 4. The Labute approximate surface area is 129 Å². The number of fused-ring (bicyclic) bond motifs is 1. The van der Waals surface area contributed by atoms with Gasteiger partial charge in [-0.05, 0) is 17.4 Å². The number of anilines is 1. The van der Waals surface area contributed by atoms with Crippen molar-refractivity contribution >= 4 is 11.7 Å². The Kier molecular flexibility index (Phi) is 2.73. The highest BCUT2D eigenvalue weighted by Gasteiger charge is 2.41. The molecule has 1 N–H and O–H groups in total. The Morgan fingerprint density at radius 1 is 1.23 bits per heavy atom. The van der Waals surface area contributed by atoms with Gasteiger partial charge in [0.25, 0.3) is 0 Å². The fourth-order valence-corrected chi connectivity index (χ4v) is 3.49. The zero-order valence-corrected chi connectivity index (χ0v) is 12.7. The van der Waals surface area contributed by atoms with Gasteiger partial charge in [-0.3, -0.25) is 4.79 Å². The average Bonchev–Trinajstić information content (AvgIpc) is 2.92. The molecule has 5 heteroatoms. The normalized spacial score (nSPS) is 22.8. The minimum atomic E-state index is -0.182. The molecule has 1 unspecified atom stereocenters. The molecule has 0 bridgehead atoms. The van der Waals surface area contributed by atoms with E-state index in [1.807, 2.05) is 35.0 Å². The van der Waals surface area contributed by atoms with Gasteiger partial charge < -0.3 is 5.32 Å². The highest BCUT2D eigenvalue weighted by Crippen LogP contribution is 2.44. The Morgan fingerprint density at radius 3 is 2.77 bits per heavy atom. The summed E-state index contributed by atoms with van der Waals surface area (Å²) in [7, 11) is 0. The van der Waals surface area contributed by atoms with E-state index < -0.39 is 0 Å². The number of carbonyl (C=O) groups excluding carboxylic acids is 1. The lowest BCUT2D eigenvalue weighted by atomic mass is 9.73. The third-order valence-electron chi connectivity index (χ3n) is 4.39. The first-order valence-corrected chi connectivity index (χ1v) is 7.53. The van der Waals surface area contributed by atoms with Crippen LogP contribution in [0, 0.1) is 5.41 Å². The molecule has 0 saturated heterocycles. The number of ketones is 1. The van der Waals surface area contributed by atoms with Crippen molar-refractivity contribution in [2.75, 3.05) is 5.32 Å². The topological polar surface area (TPSA) is 59.8 Å². The van der Waals surface area contributed by atoms with Crippen molar-refractivity contribution in [3.8, 4) is 0 Å². The molecule has 0 amide bonds. The molecule has 0 radical (unpaired) electrons. The van der Waals surface area contributed by atoms with Crippen molar-refractivity contribution < 1.29 is 4.79 Å². The van der Waals surface area contributed by atoms with Crippen LogP contribution in [0.25, 0.3) is 0 Å². The van der Waals surface area contributed by atoms with Crippen LogP contribution in [0.3, 0.4) is 0 Å². The molecule has 2 heterocycles. The molecule has 2 aromatic rings. The van der Waals surface area contributed by atoms with Crippen molar-refractivity contribution in [1.82, 2.24) is 14.8 Å². The highest BCUT2D eigenvalue weighted by molar-refractivity contribution is 6.00. The van der Waals surface area contributed by atoms with Gasteiger partial charge in [-0.2, -0.15) is 10.1 Å². The van der Waals surface area contributed by atoms with E-state index in [0.29, 0.717) is 12.4 Å². The predicted octanol–water partition coefficient (Wildman–Crippen LogP) is 2.94. The molecular weight excluding hydrogens is 276 g/mol. The summed E-state index contributed by atoms with van der Waals surface area (Å²) in [4.78, 5) is 17.1. The van der Waals surface area contributed by atoms with Gasteiger partial charge in [-0.1, -0.05) is 44.2 Å². The van der Waals surface area contributed by atoms with Crippen molar-refractivity contribution in [2.45, 2.75) is 32.7 Å². The standard InChI is InChI=1S/C17H18N4O/c1-17(2)8-12-14(13(22)9-17)15(11-6-4-3-5-7-11)21-16(20-12)18-10-19-21/h3-7,10,15H,8-9H2,1-2H3,(H,18,19,20). The van der Waals surface area contributed by atoms with Crippen LogP contribution in [0.2, 0.25) is 0 Å². The molecule has 1 aliphatic heterocycles. The van der Waals surface area contributed by atoms with Crippen LogP contribution in [0.4, 0.5) is 5.95 Å². The van der Waals surface area contributed by atoms with Gasteiger partial charge in [0.1, 0.15) is 12.4 Å². The summed E-state index contributed by atoms with van der Waals surface area (Å²) in [5, 5.41) is 7.65. The fraction of sp³-hybridized carbons (Fsp3) is 0.353. The van der Waals surface area contributed by atoms with Gasteiger partial charge in [0.05, 0.1) is 0 Å². The molecule has 1 aromatic heterocycles. The van der Waals surface area contributed by atoms with E-state index >= 15 is 0 Å². The van der Waals surface area contributed by atoms with Crippen LogP contribution < -0.4 is 5.32 Å². The van der Waals surface area contributed by atoms with E-state index in [1.165, 1.54) is 6.33 Å². The molecule has 0 fully saturated rings. The number of allylic oxidation sites excluding steroid dienone is 2. The molecule has 1 atom stereocenters. The van der Waals surface area contributed by atoms with E-state index in [2.05, 4.69) is 29.2 Å². The van der Waals surface area contributed by atoms with Crippen LogP contribution in [0.1, 0.15) is 38.3 Å². The van der Waals surface area contributed by atoms with Crippen molar-refractivity contribution in [1.29, 1.82) is 0 Å². The lowest BCUT2D eigenvalue weighted by Gasteiger charge is -2.38. The molecule has 0 saturated carbocycles. The van der Waals surface area contributed by atoms with Crippen LogP contribution in [0.15, 0.2) is 47.9 Å². The van der Waals surface area contributed by atoms with Crippen LogP contribution >= 0.6 is 0 Å². The summed E-state index contributed by atoms with van der Waals surface area (Å²) in [5.74, 6) is 0.909. The summed E-state index contributed by atoms with van der Waals surface area (Å²) < 4.78 is 1.81. The number of nitrogens with one attached hydrogen (secondary N) is 1. The average molecular weight is 294 g/mol. The third-order valence-corrected chi connectivity index (χ3v) is 4.39. The first kappa shape index (κ1) is 13.2. The number of nitrogens with zero attached hydrogens (tertiary/aromatic N) is 3. The van der Waals surface area contributed by atoms with E-state index in [0.717, 1.165) is 23.3 Å². The van der Waals surface area contributed by atoms with E-state index in [9.17, 15) is 4.79 Å². The van der Waals surface area contributed by atoms with Gasteiger partial charge >= 0.3 is 0 Å². The second kappa shape index (κ2) is 4.53. The summed E-state index contributed by atoms with van der Waals surface area (Å²) in [6.45, 7) is 4.26. The number of benzene rings is 1. The molecule has 1 aliphatic carbocycles. The first-order valence-electron chi connectivity index (χ1n) is 7.53. The van der Waals surface area contributed by atoms with Crippen molar-refractivity contribution in [3.05, 3.63) is 53.5 Å². The number of Topliss-reactive ketones (excluding diaryl/α,β-unsaturated/α-hetero) is 1. The number of carbonyl (C=O) groups is 1. The van der Waals surface area contributed by atoms with Crippen molar-refractivity contribution in [2.24, 2.45) is 5.41 Å². The summed E-state index contributed by atoms with van der Waals surface area (Å²) >= 11 is 0. The first-order chi connectivity index (χ1) is 10.6. The Bertz CT molecular complexity index is 773. The Hall–Kier alpha value is -2.43. The van der Waals surface area contributed by atoms with Gasteiger partial charge in [-0.15, -0.1) is 0 Å². The number of rotatable bonds is 1. The maximum absolute atomic E-state index is 12.8. The number of hydrogen-bond donors (Lipinski definition) is 1. The van der Waals surface area contributed by atoms with Crippen LogP contribution in [-0.2, 0) is 4.79 Å². The minimum absolute atomic E-state index is 0.0215. The van der Waals surface area contributed by atoms with Crippen LogP contribution in [0.5, 0.6) is 0 Å². The highest BCUT2D eigenvalue weighted by atomic mass is 16.1. The molecule has 1 aromatic carbocycles. The van der Waals surface area contributed by atoms with Gasteiger partial charge in [-0.25, -0.2) is 4.68 Å². The van der Waals surface area contributed by atoms with E-state index in [1.54, 1.807) is 0 Å². The zero-order valence-electron chi connectivity index (χ0n) is 12.7. The van der Waals surface area contributed by atoms with Crippen LogP contribution in [-0.4, -0.2) is 20.5 Å². The molecule has 4 rings (SSSR count). The molecule has 2 aliphatic rings. The fourth-order valence-electron chi connectivity index (χ4n) is 3.49. The molecule has 112 valence electrons. The maximum atomic E-state index is 12.8. The Morgan fingerprint density at radius 2 is 2.00 bits per heavy atom. The van der Waals surface area contributed by atoms with Gasteiger partial charge in [0.2, 0.25) is 5.95 Å². The summed E-state index contributed by atoms with van der Waals surface area (Å²) in [6.07, 6.45) is 2.96. The second-order valence-electron chi connectivity index (χ2n) is 6.80. The second-order valence-corrected chi connectivity index (χ2v) is 6.80. The van der Waals surface area contributed by atoms with E-state index in [4.69, 9.17) is 0 Å². The predicted molar refractivity (Wildman–Crippen MR) is 83.3 cm³/mol. The van der Waals surface area contributed by atoms with E-state index in [-0.39, 0.29) is 17.2 Å². The molecule has 0 spiro atoms. The maximum Gasteiger partial charge on any atom is 0.226 e. The SMILES string of the molecule is CC1(C)CC(=O)C2=C(C1)Nc1ncnn1C2c1ccccc1. The lowest BCUT2D eigenvalue weighted by Crippen LogP contribution is -2.36. The zero-order chi connectivity index (χ0) is 15.3. The quantitative estimate of drug-likeness (QED) is 0.878. The largest absolute Gasteiger partial charge is 0.328 e. The van der Waals surface area contributed by atoms with Crippen molar-refractivity contribution in [3.63, 3.8) is 0 Å². The molecular formula is C17H18N4O. The lowest BCUT2D eigenvalue weighted by molar-refractivity contribution is -0.118.